The Balaban J connectivity index is 3.23. The molecule has 0 fully saturated rings. The lowest BCUT2D eigenvalue weighted by Crippen LogP contribution is -2.29. The number of carbonyl (C=O) groups is 2. The van der Waals surface area contributed by atoms with Crippen molar-refractivity contribution in [1.29, 1.82) is 0 Å². The van der Waals surface area contributed by atoms with Gasteiger partial charge in [-0.2, -0.15) is 0 Å². The van der Waals surface area contributed by atoms with Crippen molar-refractivity contribution in [3.8, 4) is 0 Å². The Morgan fingerprint density at radius 1 is 1.53 bits per heavy atom. The molecule has 0 bridgehead atoms. The molecule has 5 N–H and O–H groups in total. The van der Waals surface area contributed by atoms with Crippen molar-refractivity contribution >= 4 is 11.9 Å². The number of aromatic carboxylic acids is 1. The summed E-state index contributed by atoms with van der Waals surface area (Å²) < 4.78 is 1.25. The summed E-state index contributed by atoms with van der Waals surface area (Å²) in [7, 11) is 0. The van der Waals surface area contributed by atoms with E-state index in [-0.39, 0.29) is 18.7 Å². The molecule has 0 saturated heterocycles. The number of hydrogen-bond acceptors (Lipinski definition) is 5. The Labute approximate surface area is 97.6 Å². The van der Waals surface area contributed by atoms with Gasteiger partial charge in [-0.3, -0.25) is 4.79 Å². The van der Waals surface area contributed by atoms with Crippen LogP contribution in [-0.2, 0) is 11.2 Å². The van der Waals surface area contributed by atoms with E-state index in [1.54, 1.807) is 6.92 Å². The maximum absolute atomic E-state index is 11.2. The van der Waals surface area contributed by atoms with Gasteiger partial charge in [0.2, 0.25) is 5.91 Å². The minimum atomic E-state index is -1.20. The first-order valence-corrected chi connectivity index (χ1v) is 5.19. The Morgan fingerprint density at radius 3 is 2.59 bits per heavy atom. The molecule has 0 spiro atoms. The normalized spacial score (nSPS) is 12.4. The average Bonchev–Trinajstić information content (AvgIpc) is 2.63. The van der Waals surface area contributed by atoms with E-state index < -0.39 is 17.9 Å². The lowest BCUT2D eigenvalue weighted by molar-refractivity contribution is -0.121. The van der Waals surface area contributed by atoms with Gasteiger partial charge in [0.25, 0.3) is 0 Å². The van der Waals surface area contributed by atoms with E-state index >= 15 is 0 Å². The van der Waals surface area contributed by atoms with Crippen molar-refractivity contribution in [1.82, 2.24) is 15.0 Å². The SMILES string of the molecule is CCC(C(N)=O)n1nnc(C(=O)O)c1CCN. The first kappa shape index (κ1) is 13.1. The highest BCUT2D eigenvalue weighted by Crippen LogP contribution is 2.15. The van der Waals surface area contributed by atoms with Gasteiger partial charge in [0, 0.05) is 6.42 Å². The van der Waals surface area contributed by atoms with Crippen LogP contribution >= 0.6 is 0 Å². The molecule has 0 aliphatic heterocycles. The van der Waals surface area contributed by atoms with Gasteiger partial charge in [0.15, 0.2) is 5.69 Å². The van der Waals surface area contributed by atoms with E-state index in [1.165, 1.54) is 4.68 Å². The molecule has 0 aromatic carbocycles. The Kier molecular flexibility index (Phi) is 4.16. The number of carboxylic acids is 1. The zero-order valence-corrected chi connectivity index (χ0v) is 9.46. The fraction of sp³-hybridized carbons (Fsp3) is 0.556. The number of rotatable bonds is 6. The third-order valence-corrected chi connectivity index (χ3v) is 2.39. The van der Waals surface area contributed by atoms with E-state index in [9.17, 15) is 9.59 Å². The first-order valence-electron chi connectivity index (χ1n) is 5.19. The van der Waals surface area contributed by atoms with Crippen molar-refractivity contribution in [2.45, 2.75) is 25.8 Å². The van der Waals surface area contributed by atoms with Crippen LogP contribution in [0.25, 0.3) is 0 Å². The van der Waals surface area contributed by atoms with Crippen molar-refractivity contribution < 1.29 is 14.7 Å². The number of carboxylic acid groups (broad SMARTS) is 1. The van der Waals surface area contributed by atoms with Gasteiger partial charge < -0.3 is 16.6 Å². The fourth-order valence-electron chi connectivity index (χ4n) is 1.59. The predicted octanol–water partition coefficient (Wildman–Crippen LogP) is -1.09. The summed E-state index contributed by atoms with van der Waals surface area (Å²) in [5, 5.41) is 16.1. The van der Waals surface area contributed by atoms with E-state index in [0.717, 1.165) is 0 Å². The van der Waals surface area contributed by atoms with E-state index in [1.807, 2.05) is 0 Å². The molecule has 1 unspecified atom stereocenters. The molecule has 0 radical (unpaired) electrons. The van der Waals surface area contributed by atoms with Gasteiger partial charge in [-0.1, -0.05) is 12.1 Å². The lowest BCUT2D eigenvalue weighted by Gasteiger charge is -2.13. The Hall–Kier alpha value is -1.96. The van der Waals surface area contributed by atoms with Crippen molar-refractivity contribution in [2.24, 2.45) is 11.5 Å². The monoisotopic (exact) mass is 241 g/mol. The van der Waals surface area contributed by atoms with Gasteiger partial charge >= 0.3 is 5.97 Å². The van der Waals surface area contributed by atoms with Crippen molar-refractivity contribution in [3.05, 3.63) is 11.4 Å². The van der Waals surface area contributed by atoms with Crippen LogP contribution in [0.5, 0.6) is 0 Å². The van der Waals surface area contributed by atoms with Crippen LogP contribution in [-0.4, -0.2) is 38.5 Å². The largest absolute Gasteiger partial charge is 0.476 e. The highest BCUT2D eigenvalue weighted by molar-refractivity contribution is 5.86. The topological polar surface area (TPSA) is 137 Å². The van der Waals surface area contributed by atoms with Crippen LogP contribution in [0.1, 0.15) is 35.6 Å². The summed E-state index contributed by atoms with van der Waals surface area (Å²) in [5.74, 6) is -1.77. The third kappa shape index (κ3) is 2.59. The lowest BCUT2D eigenvalue weighted by atomic mass is 10.1. The van der Waals surface area contributed by atoms with E-state index in [2.05, 4.69) is 10.3 Å². The standard InChI is InChI=1S/C9H15N5O3/c1-2-5(8(11)15)14-6(3-4-10)7(9(16)17)12-13-14/h5H,2-4,10H2,1H3,(H2,11,15)(H,16,17). The summed E-state index contributed by atoms with van der Waals surface area (Å²) in [5.41, 5.74) is 10.8. The van der Waals surface area contributed by atoms with Crippen LogP contribution in [0.2, 0.25) is 0 Å². The van der Waals surface area contributed by atoms with Crippen molar-refractivity contribution in [3.63, 3.8) is 0 Å². The van der Waals surface area contributed by atoms with Gasteiger partial charge in [0.1, 0.15) is 6.04 Å². The molecule has 1 amide bonds. The summed E-state index contributed by atoms with van der Waals surface area (Å²) in [4.78, 5) is 22.1. The number of hydrogen-bond donors (Lipinski definition) is 3. The molecule has 0 aliphatic carbocycles. The molecule has 1 atom stereocenters. The number of aromatic nitrogens is 3. The summed E-state index contributed by atoms with van der Waals surface area (Å²) in [6.45, 7) is 1.99. The molecule has 17 heavy (non-hydrogen) atoms. The molecule has 0 saturated carbocycles. The van der Waals surface area contributed by atoms with Gasteiger partial charge in [-0.15, -0.1) is 5.10 Å². The Bertz CT molecular complexity index is 428. The second-order valence-corrected chi connectivity index (χ2v) is 3.50. The van der Waals surface area contributed by atoms with Crippen LogP contribution in [0.3, 0.4) is 0 Å². The zero-order valence-electron chi connectivity index (χ0n) is 9.46. The number of amides is 1. The van der Waals surface area contributed by atoms with Gasteiger partial charge in [-0.25, -0.2) is 9.48 Å². The third-order valence-electron chi connectivity index (χ3n) is 2.39. The number of nitrogens with zero attached hydrogens (tertiary/aromatic N) is 3. The minimum absolute atomic E-state index is 0.185. The van der Waals surface area contributed by atoms with E-state index in [0.29, 0.717) is 12.1 Å². The highest BCUT2D eigenvalue weighted by atomic mass is 16.4. The molecule has 0 aliphatic rings. The average molecular weight is 241 g/mol. The number of nitrogens with two attached hydrogens (primary N) is 2. The molecule has 1 aromatic heterocycles. The maximum Gasteiger partial charge on any atom is 0.358 e. The molecule has 1 rings (SSSR count). The number of primary amides is 1. The second-order valence-electron chi connectivity index (χ2n) is 3.50. The Morgan fingerprint density at radius 2 is 2.18 bits per heavy atom. The minimum Gasteiger partial charge on any atom is -0.476 e. The molecule has 8 heteroatoms. The molecule has 1 heterocycles. The maximum atomic E-state index is 11.2. The summed E-state index contributed by atoms with van der Waals surface area (Å²) >= 11 is 0. The summed E-state index contributed by atoms with van der Waals surface area (Å²) in [6, 6.07) is -0.697. The predicted molar refractivity (Wildman–Crippen MR) is 58.3 cm³/mol. The van der Waals surface area contributed by atoms with Crippen LogP contribution < -0.4 is 11.5 Å². The quantitative estimate of drug-likeness (QED) is 0.579. The molecular formula is C9H15N5O3. The van der Waals surface area contributed by atoms with E-state index in [4.69, 9.17) is 16.6 Å². The highest BCUT2D eigenvalue weighted by Gasteiger charge is 2.25. The zero-order chi connectivity index (χ0) is 13.0. The number of carbonyl (C=O) groups excluding carboxylic acids is 1. The fourth-order valence-corrected chi connectivity index (χ4v) is 1.59. The molecular weight excluding hydrogens is 226 g/mol. The molecule has 8 nitrogen and oxygen atoms in total. The smallest absolute Gasteiger partial charge is 0.358 e. The summed E-state index contributed by atoms with van der Waals surface area (Å²) in [6.07, 6.45) is 0.688. The first-order chi connectivity index (χ1) is 8.02. The van der Waals surface area contributed by atoms with Crippen LogP contribution in [0.15, 0.2) is 0 Å². The molecule has 1 aromatic rings. The van der Waals surface area contributed by atoms with Gasteiger partial charge in [0.05, 0.1) is 5.69 Å². The van der Waals surface area contributed by atoms with Gasteiger partial charge in [-0.05, 0) is 13.0 Å². The van der Waals surface area contributed by atoms with Crippen LogP contribution in [0.4, 0.5) is 0 Å². The van der Waals surface area contributed by atoms with Crippen LogP contribution in [0, 0.1) is 0 Å². The second kappa shape index (κ2) is 5.39. The molecule has 94 valence electrons. The van der Waals surface area contributed by atoms with Crippen molar-refractivity contribution in [2.75, 3.05) is 6.54 Å².